The molecule has 35 heavy (non-hydrogen) atoms. The molecule has 3 fully saturated rings. The molecule has 1 aromatic rings. The summed E-state index contributed by atoms with van der Waals surface area (Å²) in [6.07, 6.45) is 5.54. The van der Waals surface area contributed by atoms with Crippen LogP contribution < -0.4 is 4.90 Å². The van der Waals surface area contributed by atoms with Gasteiger partial charge in [-0.05, 0) is 75.2 Å². The number of piperidine rings is 1. The molecule has 6 nitrogen and oxygen atoms in total. The summed E-state index contributed by atoms with van der Waals surface area (Å²) in [5, 5.41) is 9.61. The minimum atomic E-state index is -3.06. The molecule has 8 heteroatoms. The number of hydrogen-bond donors (Lipinski definition) is 1. The lowest BCUT2D eigenvalue weighted by Gasteiger charge is -2.30. The van der Waals surface area contributed by atoms with E-state index in [2.05, 4.69) is 19.1 Å². The van der Waals surface area contributed by atoms with Crippen molar-refractivity contribution >= 4 is 25.9 Å². The van der Waals surface area contributed by atoms with Crippen LogP contribution in [0.3, 0.4) is 0 Å². The maximum absolute atomic E-state index is 15.5. The number of anilines is 1. The van der Waals surface area contributed by atoms with Gasteiger partial charge in [0.05, 0.1) is 31.3 Å². The fourth-order valence-electron chi connectivity index (χ4n) is 6.49. The Morgan fingerprint density at radius 2 is 2.00 bits per heavy atom. The van der Waals surface area contributed by atoms with Crippen molar-refractivity contribution in [3.05, 3.63) is 29.8 Å². The van der Waals surface area contributed by atoms with Gasteiger partial charge in [0.1, 0.15) is 0 Å². The highest BCUT2D eigenvalue weighted by Crippen LogP contribution is 2.47. The molecule has 3 saturated heterocycles. The zero-order valence-electron chi connectivity index (χ0n) is 21.4. The van der Waals surface area contributed by atoms with Crippen molar-refractivity contribution in [2.24, 2.45) is 5.92 Å². The molecule has 5 atom stereocenters. The Kier molecular flexibility index (Phi) is 8.33. The monoisotopic (exact) mass is 504 g/mol. The van der Waals surface area contributed by atoms with E-state index in [1.165, 1.54) is 0 Å². The van der Waals surface area contributed by atoms with Crippen LogP contribution in [0, 0.1) is 5.92 Å². The molecule has 0 aromatic heterocycles. The number of carbonyl (C=O) groups excluding carboxylic acids is 2. The van der Waals surface area contributed by atoms with Crippen molar-refractivity contribution in [3.63, 3.8) is 0 Å². The van der Waals surface area contributed by atoms with Crippen molar-refractivity contribution < 1.29 is 23.5 Å². The number of halogens is 1. The zero-order valence-corrected chi connectivity index (χ0v) is 22.4. The number of amides is 2. The van der Waals surface area contributed by atoms with Gasteiger partial charge in [0.25, 0.3) is 0 Å². The Labute approximate surface area is 210 Å². The largest absolute Gasteiger partial charge is 0.394 e. The molecule has 0 unspecified atom stereocenters. The third kappa shape index (κ3) is 5.97. The molecular formula is C27H41FN2O4Si. The molecule has 0 bridgehead atoms. The fourth-order valence-corrected chi connectivity index (χ4v) is 9.03. The summed E-state index contributed by atoms with van der Waals surface area (Å²) in [7, 11) is -3.06. The molecule has 0 radical (unpaired) electrons. The Hall–Kier alpha value is -1.77. The molecular weight excluding hydrogens is 463 g/mol. The van der Waals surface area contributed by atoms with Gasteiger partial charge in [-0.25, -0.2) is 0 Å². The molecule has 1 N–H and O–H groups in total. The highest BCUT2D eigenvalue weighted by Gasteiger charge is 2.52. The number of aliphatic hydroxyl groups is 1. The maximum atomic E-state index is 15.5. The van der Waals surface area contributed by atoms with E-state index in [-0.39, 0.29) is 48.4 Å². The SMILES string of the molecule is C[C@@H]1[C@@H]([Si](C)(C)F)[C@H](CC(=O)N2CCC[C@H]2CO)O[C@@H]1CCc1cccc(N2CCCCC2=O)c1. The molecule has 0 aliphatic carbocycles. The van der Waals surface area contributed by atoms with Gasteiger partial charge in [0, 0.05) is 30.7 Å². The van der Waals surface area contributed by atoms with E-state index in [1.54, 1.807) is 18.0 Å². The second kappa shape index (κ2) is 11.1. The molecule has 194 valence electrons. The van der Waals surface area contributed by atoms with Gasteiger partial charge in [-0.2, -0.15) is 0 Å². The number of nitrogens with zero attached hydrogens (tertiary/aromatic N) is 2. The van der Waals surface area contributed by atoms with E-state index < -0.39 is 14.5 Å². The quantitative estimate of drug-likeness (QED) is 0.419. The average molecular weight is 505 g/mol. The van der Waals surface area contributed by atoms with Crippen molar-refractivity contribution in [2.45, 2.75) is 95.2 Å². The van der Waals surface area contributed by atoms with Crippen LogP contribution in [-0.4, -0.2) is 68.2 Å². The molecule has 3 heterocycles. The number of carbonyl (C=O) groups is 2. The third-order valence-corrected chi connectivity index (χ3v) is 10.7. The van der Waals surface area contributed by atoms with Crippen LogP contribution in [-0.2, 0) is 20.7 Å². The number of likely N-dealkylation sites (tertiary alicyclic amines) is 1. The summed E-state index contributed by atoms with van der Waals surface area (Å²) in [5.41, 5.74) is 1.87. The maximum Gasteiger partial charge on any atom is 0.246 e. The summed E-state index contributed by atoms with van der Waals surface area (Å²) >= 11 is 0. The van der Waals surface area contributed by atoms with E-state index in [9.17, 15) is 14.7 Å². The Balaban J connectivity index is 1.41. The van der Waals surface area contributed by atoms with Crippen LogP contribution in [0.25, 0.3) is 0 Å². The number of hydrogen-bond acceptors (Lipinski definition) is 4. The number of rotatable bonds is 8. The lowest BCUT2D eigenvalue weighted by Crippen LogP contribution is -2.42. The van der Waals surface area contributed by atoms with Gasteiger partial charge in [0.2, 0.25) is 20.2 Å². The fraction of sp³-hybridized carbons (Fsp3) is 0.704. The van der Waals surface area contributed by atoms with Gasteiger partial charge in [-0.15, -0.1) is 0 Å². The van der Waals surface area contributed by atoms with E-state index in [4.69, 9.17) is 4.74 Å². The Bertz CT molecular complexity index is 907. The van der Waals surface area contributed by atoms with Crippen LogP contribution >= 0.6 is 0 Å². The first-order chi connectivity index (χ1) is 16.7. The van der Waals surface area contributed by atoms with Crippen molar-refractivity contribution in [2.75, 3.05) is 24.6 Å². The standard InChI is InChI=1S/C27H41FN2O4Si/c1-19-23(13-12-20-8-6-9-21(16-20)29-14-5-4-11-25(29)32)34-24(27(19)35(2,3)28)17-26(33)30-15-7-10-22(30)18-31/h6,8-9,16,19,22-24,27,31H,4-5,7,10-15,17-18H2,1-3H3/t19-,22-,23+,24-,27+/m0/s1. The van der Waals surface area contributed by atoms with Crippen LogP contribution in [0.15, 0.2) is 24.3 Å². The lowest BCUT2D eigenvalue weighted by molar-refractivity contribution is -0.135. The average Bonchev–Trinajstić information content (AvgIpc) is 3.42. The van der Waals surface area contributed by atoms with E-state index >= 15 is 4.11 Å². The summed E-state index contributed by atoms with van der Waals surface area (Å²) in [4.78, 5) is 29.0. The van der Waals surface area contributed by atoms with Gasteiger partial charge in [-0.1, -0.05) is 19.1 Å². The van der Waals surface area contributed by atoms with Crippen molar-refractivity contribution in [1.82, 2.24) is 4.90 Å². The first kappa shape index (κ1) is 26.3. The third-order valence-electron chi connectivity index (χ3n) is 8.24. The Morgan fingerprint density at radius 1 is 1.20 bits per heavy atom. The van der Waals surface area contributed by atoms with Crippen LogP contribution in [0.5, 0.6) is 0 Å². The summed E-state index contributed by atoms with van der Waals surface area (Å²) in [6, 6.07) is 8.05. The van der Waals surface area contributed by atoms with E-state index in [0.717, 1.165) is 56.3 Å². The molecule has 0 spiro atoms. The highest BCUT2D eigenvalue weighted by atomic mass is 28.4. The molecule has 3 aliphatic heterocycles. The van der Waals surface area contributed by atoms with Crippen molar-refractivity contribution in [3.8, 4) is 0 Å². The lowest BCUT2D eigenvalue weighted by atomic mass is 9.94. The topological polar surface area (TPSA) is 70.1 Å². The molecule has 3 aliphatic rings. The highest BCUT2D eigenvalue weighted by molar-refractivity contribution is 6.72. The zero-order chi connectivity index (χ0) is 25.2. The summed E-state index contributed by atoms with van der Waals surface area (Å²) in [6.45, 7) is 6.93. The smallest absolute Gasteiger partial charge is 0.246 e. The van der Waals surface area contributed by atoms with Gasteiger partial charge < -0.3 is 23.8 Å². The summed E-state index contributed by atoms with van der Waals surface area (Å²) < 4.78 is 21.9. The van der Waals surface area contributed by atoms with Gasteiger partial charge >= 0.3 is 0 Å². The van der Waals surface area contributed by atoms with Crippen LogP contribution in [0.4, 0.5) is 9.80 Å². The van der Waals surface area contributed by atoms with E-state index in [1.807, 2.05) is 17.0 Å². The predicted octanol–water partition coefficient (Wildman–Crippen LogP) is 4.46. The first-order valence-electron chi connectivity index (χ1n) is 13.3. The van der Waals surface area contributed by atoms with Crippen LogP contribution in [0.1, 0.15) is 57.4 Å². The minimum absolute atomic E-state index is 0.0227. The van der Waals surface area contributed by atoms with Gasteiger partial charge in [0.15, 0.2) is 0 Å². The van der Waals surface area contributed by atoms with Crippen molar-refractivity contribution in [1.29, 1.82) is 0 Å². The second-order valence-corrected chi connectivity index (χ2v) is 14.9. The molecule has 4 rings (SSSR count). The van der Waals surface area contributed by atoms with Gasteiger partial charge in [-0.3, -0.25) is 9.59 Å². The number of aliphatic hydroxyl groups excluding tert-OH is 1. The normalized spacial score (nSPS) is 29.7. The number of aryl methyl sites for hydroxylation is 1. The Morgan fingerprint density at radius 3 is 2.71 bits per heavy atom. The molecule has 0 saturated carbocycles. The minimum Gasteiger partial charge on any atom is -0.394 e. The molecule has 1 aromatic carbocycles. The first-order valence-corrected chi connectivity index (χ1v) is 16.3. The predicted molar refractivity (Wildman–Crippen MR) is 138 cm³/mol. The van der Waals surface area contributed by atoms with E-state index in [0.29, 0.717) is 13.0 Å². The number of benzene rings is 1. The second-order valence-electron chi connectivity index (χ2n) is 11.1. The molecule has 2 amide bonds. The number of ether oxygens (including phenoxy) is 1. The van der Waals surface area contributed by atoms with Crippen LogP contribution in [0.2, 0.25) is 18.6 Å². The summed E-state index contributed by atoms with van der Waals surface area (Å²) in [5.74, 6) is 0.202.